The minimum absolute atomic E-state index is 0.0544. The maximum atomic E-state index is 12.6. The number of nitrogens with zero attached hydrogens (tertiary/aromatic N) is 3. The van der Waals surface area contributed by atoms with Gasteiger partial charge in [0.15, 0.2) is 11.4 Å². The average molecular weight is 397 g/mol. The van der Waals surface area contributed by atoms with Gasteiger partial charge in [0.25, 0.3) is 0 Å². The Labute approximate surface area is 165 Å². The van der Waals surface area contributed by atoms with Gasteiger partial charge in [0.05, 0.1) is 19.3 Å². The van der Waals surface area contributed by atoms with Gasteiger partial charge in [-0.15, -0.1) is 0 Å². The summed E-state index contributed by atoms with van der Waals surface area (Å²) >= 11 is 6.02. The first-order valence-electron chi connectivity index (χ1n) is 8.53. The Balaban J connectivity index is 1.59. The van der Waals surface area contributed by atoms with Crippen molar-refractivity contribution < 1.29 is 13.9 Å². The number of rotatable bonds is 5. The van der Waals surface area contributed by atoms with Crippen molar-refractivity contribution in [2.24, 2.45) is 0 Å². The molecule has 0 bridgehead atoms. The van der Waals surface area contributed by atoms with Gasteiger partial charge in [-0.2, -0.15) is 0 Å². The Morgan fingerprint density at radius 2 is 2.07 bits per heavy atom. The van der Waals surface area contributed by atoms with E-state index in [1.807, 2.05) is 24.3 Å². The fourth-order valence-corrected chi connectivity index (χ4v) is 3.21. The molecule has 28 heavy (non-hydrogen) atoms. The minimum Gasteiger partial charge on any atom is -0.495 e. The molecule has 1 N–H and O–H groups in total. The van der Waals surface area contributed by atoms with E-state index < -0.39 is 0 Å². The Morgan fingerprint density at radius 1 is 1.25 bits per heavy atom. The van der Waals surface area contributed by atoms with Gasteiger partial charge in [-0.3, -0.25) is 4.79 Å². The summed E-state index contributed by atoms with van der Waals surface area (Å²) in [7, 11) is 3.30. The van der Waals surface area contributed by atoms with E-state index in [1.165, 1.54) is 13.4 Å². The van der Waals surface area contributed by atoms with E-state index in [0.717, 1.165) is 11.0 Å². The molecule has 0 saturated heterocycles. The molecule has 0 aliphatic heterocycles. The lowest BCUT2D eigenvalue weighted by atomic mass is 10.2. The van der Waals surface area contributed by atoms with Gasteiger partial charge in [0, 0.05) is 17.5 Å². The molecule has 0 unspecified atom stereocenters. The van der Waals surface area contributed by atoms with Crippen LogP contribution in [0.5, 0.6) is 5.75 Å². The number of para-hydroxylation sites is 1. The van der Waals surface area contributed by atoms with Crippen molar-refractivity contribution in [2.75, 3.05) is 30.9 Å². The lowest BCUT2D eigenvalue weighted by Crippen LogP contribution is -2.30. The second-order valence-electron chi connectivity index (χ2n) is 6.22. The molecule has 0 aliphatic rings. The third-order valence-electron chi connectivity index (χ3n) is 4.32. The van der Waals surface area contributed by atoms with E-state index in [0.29, 0.717) is 33.4 Å². The monoisotopic (exact) mass is 396 g/mol. The van der Waals surface area contributed by atoms with E-state index in [9.17, 15) is 4.79 Å². The van der Waals surface area contributed by atoms with Crippen LogP contribution < -0.4 is 15.0 Å². The van der Waals surface area contributed by atoms with Gasteiger partial charge < -0.3 is 19.4 Å². The van der Waals surface area contributed by atoms with Gasteiger partial charge in [0.1, 0.15) is 23.2 Å². The van der Waals surface area contributed by atoms with E-state index in [2.05, 4.69) is 15.3 Å². The van der Waals surface area contributed by atoms with Crippen LogP contribution >= 0.6 is 11.6 Å². The van der Waals surface area contributed by atoms with Gasteiger partial charge in [-0.1, -0.05) is 23.7 Å². The summed E-state index contributed by atoms with van der Waals surface area (Å²) < 4.78 is 11.2. The molecule has 0 atom stereocenters. The van der Waals surface area contributed by atoms with E-state index in [1.54, 1.807) is 30.1 Å². The number of benzene rings is 2. The molecule has 0 aliphatic carbocycles. The molecule has 0 saturated carbocycles. The second kappa shape index (κ2) is 7.36. The molecule has 4 aromatic rings. The second-order valence-corrected chi connectivity index (χ2v) is 6.66. The number of hydrogen-bond acceptors (Lipinski definition) is 6. The first-order chi connectivity index (χ1) is 13.6. The molecule has 142 valence electrons. The van der Waals surface area contributed by atoms with E-state index in [-0.39, 0.29) is 12.5 Å². The largest absolute Gasteiger partial charge is 0.495 e. The summed E-state index contributed by atoms with van der Waals surface area (Å²) in [5.41, 5.74) is 2.48. The number of nitrogens with one attached hydrogen (secondary N) is 1. The fraction of sp³-hybridized carbons (Fsp3) is 0.150. The molecule has 2 aromatic heterocycles. The zero-order chi connectivity index (χ0) is 19.7. The van der Waals surface area contributed by atoms with Crippen LogP contribution in [-0.2, 0) is 4.79 Å². The third-order valence-corrected chi connectivity index (χ3v) is 4.55. The quantitative estimate of drug-likeness (QED) is 0.546. The normalized spacial score (nSPS) is 11.0. The predicted molar refractivity (Wildman–Crippen MR) is 109 cm³/mol. The fourth-order valence-electron chi connectivity index (χ4n) is 3.04. The van der Waals surface area contributed by atoms with Crippen molar-refractivity contribution in [1.82, 2.24) is 9.97 Å². The number of furan rings is 1. The van der Waals surface area contributed by atoms with Crippen molar-refractivity contribution in [3.05, 3.63) is 53.8 Å². The Hall–Kier alpha value is -3.32. The zero-order valence-corrected chi connectivity index (χ0v) is 16.0. The highest BCUT2D eigenvalue weighted by Gasteiger charge is 2.18. The first-order valence-corrected chi connectivity index (χ1v) is 8.91. The van der Waals surface area contributed by atoms with E-state index in [4.69, 9.17) is 20.8 Å². The Bertz CT molecular complexity index is 1170. The lowest BCUT2D eigenvalue weighted by Gasteiger charge is -2.18. The number of methoxy groups -OCH3 is 1. The Morgan fingerprint density at radius 3 is 2.89 bits per heavy atom. The highest BCUT2D eigenvalue weighted by atomic mass is 35.5. The van der Waals surface area contributed by atoms with Crippen LogP contribution in [0.25, 0.3) is 22.1 Å². The van der Waals surface area contributed by atoms with Crippen LogP contribution in [0, 0.1) is 0 Å². The third kappa shape index (κ3) is 3.32. The molecule has 0 spiro atoms. The molecule has 4 rings (SSSR count). The van der Waals surface area contributed by atoms with Crippen molar-refractivity contribution in [3.63, 3.8) is 0 Å². The zero-order valence-electron chi connectivity index (χ0n) is 15.3. The highest BCUT2D eigenvalue weighted by Crippen LogP contribution is 2.32. The van der Waals surface area contributed by atoms with Crippen LogP contribution in [0.3, 0.4) is 0 Å². The number of aromatic nitrogens is 2. The summed E-state index contributed by atoms with van der Waals surface area (Å²) in [6, 6.07) is 12.7. The molecular weight excluding hydrogens is 380 g/mol. The number of hydrogen-bond donors (Lipinski definition) is 1. The van der Waals surface area contributed by atoms with Crippen LogP contribution in [0.15, 0.2) is 53.2 Å². The maximum Gasteiger partial charge on any atom is 0.244 e. The van der Waals surface area contributed by atoms with Crippen LogP contribution in [0.2, 0.25) is 5.02 Å². The van der Waals surface area contributed by atoms with Crippen molar-refractivity contribution >= 4 is 51.1 Å². The van der Waals surface area contributed by atoms with Gasteiger partial charge in [-0.05, 0) is 30.3 Å². The number of amides is 1. The number of carbonyl (C=O) groups excluding carboxylic acids is 1. The number of anilines is 2. The van der Waals surface area contributed by atoms with E-state index >= 15 is 0 Å². The number of halogens is 1. The summed E-state index contributed by atoms with van der Waals surface area (Å²) in [5, 5.41) is 4.22. The number of ether oxygens (including phenoxy) is 1. The maximum absolute atomic E-state index is 12.6. The van der Waals surface area contributed by atoms with Gasteiger partial charge in [-0.25, -0.2) is 9.97 Å². The minimum atomic E-state index is -0.244. The number of fused-ring (bicyclic) bond motifs is 3. The average Bonchev–Trinajstić information content (AvgIpc) is 3.06. The summed E-state index contributed by atoms with van der Waals surface area (Å²) in [6.45, 7) is 0.0544. The van der Waals surface area contributed by atoms with Crippen LogP contribution in [0.4, 0.5) is 11.5 Å². The van der Waals surface area contributed by atoms with Crippen LogP contribution in [-0.4, -0.2) is 36.6 Å². The molecular formula is C20H17ClN4O3. The van der Waals surface area contributed by atoms with Gasteiger partial charge >= 0.3 is 0 Å². The molecule has 8 heteroatoms. The smallest absolute Gasteiger partial charge is 0.244 e. The topological polar surface area (TPSA) is 80.5 Å². The van der Waals surface area contributed by atoms with Crippen molar-refractivity contribution in [2.45, 2.75) is 0 Å². The molecule has 0 fully saturated rings. The number of likely N-dealkylation sites (N-methyl/N-ethyl adjacent to an activating group) is 1. The highest BCUT2D eigenvalue weighted by molar-refractivity contribution is 6.31. The van der Waals surface area contributed by atoms with Crippen molar-refractivity contribution in [1.29, 1.82) is 0 Å². The van der Waals surface area contributed by atoms with Crippen molar-refractivity contribution in [3.8, 4) is 5.75 Å². The standard InChI is InChI=1S/C20H17ClN4O3/c1-25(10-17(26)24-14-9-12(21)7-8-16(14)27-2)20-19-18(22-11-23-20)13-5-3-4-6-15(13)28-19/h3-9,11H,10H2,1-2H3,(H,24,26). The van der Waals surface area contributed by atoms with Crippen LogP contribution in [0.1, 0.15) is 0 Å². The SMILES string of the molecule is COc1ccc(Cl)cc1NC(=O)CN(C)c1ncnc2c1oc1ccccc12. The summed E-state index contributed by atoms with van der Waals surface area (Å²) in [6.07, 6.45) is 1.47. The predicted octanol–water partition coefficient (Wildman–Crippen LogP) is 4.11. The molecule has 2 heterocycles. The Kier molecular flexibility index (Phi) is 4.75. The first kappa shape index (κ1) is 18.1. The summed E-state index contributed by atoms with van der Waals surface area (Å²) in [5.74, 6) is 0.822. The molecule has 1 amide bonds. The molecule has 7 nitrogen and oxygen atoms in total. The molecule has 2 aromatic carbocycles. The molecule has 0 radical (unpaired) electrons. The number of carbonyl (C=O) groups is 1. The van der Waals surface area contributed by atoms with Gasteiger partial charge in [0.2, 0.25) is 5.91 Å². The lowest BCUT2D eigenvalue weighted by molar-refractivity contribution is -0.114. The summed E-state index contributed by atoms with van der Waals surface area (Å²) in [4.78, 5) is 22.9.